The van der Waals surface area contributed by atoms with Crippen molar-refractivity contribution < 1.29 is 8.42 Å². The van der Waals surface area contributed by atoms with Crippen molar-refractivity contribution in [3.05, 3.63) is 15.8 Å². The summed E-state index contributed by atoms with van der Waals surface area (Å²) in [6, 6.07) is 0. The molecule has 3 nitrogen and oxygen atoms in total. The maximum absolute atomic E-state index is 12.5. The minimum absolute atomic E-state index is 0.0765. The first-order chi connectivity index (χ1) is 8.09. The second-order valence-electron chi connectivity index (χ2n) is 5.63. The molecule has 0 unspecified atom stereocenters. The lowest BCUT2D eigenvalue weighted by molar-refractivity contribution is 0.310. The molecule has 0 saturated heterocycles. The number of nitrogens with zero attached hydrogens (tertiary/aromatic N) is 1. The van der Waals surface area contributed by atoms with E-state index in [-0.39, 0.29) is 11.3 Å². The molecule has 1 heterocycles. The maximum atomic E-state index is 12.5. The molecule has 0 aliphatic heterocycles. The third-order valence-corrected chi connectivity index (χ3v) is 6.17. The molecule has 104 valence electrons. The van der Waals surface area contributed by atoms with Crippen LogP contribution in [-0.4, -0.2) is 26.3 Å². The highest BCUT2D eigenvalue weighted by molar-refractivity contribution is 7.89. The predicted octanol–water partition coefficient (Wildman–Crippen LogP) is 3.46. The summed E-state index contributed by atoms with van der Waals surface area (Å²) in [4.78, 5) is 1.10. The van der Waals surface area contributed by atoms with Crippen LogP contribution in [0.4, 0.5) is 0 Å². The fraction of sp³-hybridized carbons (Fsp3) is 0.667. The van der Waals surface area contributed by atoms with Crippen molar-refractivity contribution >= 4 is 33.0 Å². The molecule has 1 rings (SSSR count). The lowest BCUT2D eigenvalue weighted by Crippen LogP contribution is -2.35. The zero-order chi connectivity index (χ0) is 14.1. The summed E-state index contributed by atoms with van der Waals surface area (Å²) in [5.74, 6) is 0.233. The normalized spacial score (nSPS) is 13.3. The second kappa shape index (κ2) is 5.49. The largest absolute Gasteiger partial charge is 0.244 e. The first kappa shape index (κ1) is 16.0. The summed E-state index contributed by atoms with van der Waals surface area (Å²) in [5, 5.41) is 1.84. The van der Waals surface area contributed by atoms with Crippen molar-refractivity contribution in [2.75, 3.05) is 13.6 Å². The van der Waals surface area contributed by atoms with Crippen molar-refractivity contribution in [2.45, 2.75) is 38.5 Å². The van der Waals surface area contributed by atoms with Crippen molar-refractivity contribution in [1.82, 2.24) is 4.31 Å². The Balaban J connectivity index is 3.17. The minimum atomic E-state index is -3.44. The Bertz CT molecular complexity index is 515. The predicted molar refractivity (Wildman–Crippen MR) is 77.9 cm³/mol. The van der Waals surface area contributed by atoms with Crippen LogP contribution < -0.4 is 0 Å². The lowest BCUT2D eigenvalue weighted by Gasteiger charge is -2.26. The van der Waals surface area contributed by atoms with Gasteiger partial charge in [0, 0.05) is 18.5 Å². The van der Waals surface area contributed by atoms with Crippen LogP contribution in [0.2, 0.25) is 0 Å². The minimum Gasteiger partial charge on any atom is -0.207 e. The zero-order valence-electron chi connectivity index (χ0n) is 11.4. The number of thiophene rings is 1. The van der Waals surface area contributed by atoms with Gasteiger partial charge in [-0.2, -0.15) is 0 Å². The summed E-state index contributed by atoms with van der Waals surface area (Å²) in [6.07, 6.45) is 0. The number of alkyl halides is 1. The van der Waals surface area contributed by atoms with Crippen molar-refractivity contribution in [3.8, 4) is 0 Å². The average molecular weight is 310 g/mol. The van der Waals surface area contributed by atoms with E-state index in [1.54, 1.807) is 7.05 Å². The van der Waals surface area contributed by atoms with Gasteiger partial charge in [-0.3, -0.25) is 0 Å². The molecule has 0 radical (unpaired) electrons. The summed E-state index contributed by atoms with van der Waals surface area (Å²) in [5.41, 5.74) is 0.698. The molecule has 0 bridgehead atoms. The van der Waals surface area contributed by atoms with Gasteiger partial charge in [-0.15, -0.1) is 22.9 Å². The van der Waals surface area contributed by atoms with Gasteiger partial charge in [0.05, 0.1) is 5.88 Å². The molecule has 0 fully saturated rings. The fourth-order valence-electron chi connectivity index (χ4n) is 1.83. The van der Waals surface area contributed by atoms with Crippen LogP contribution in [0.5, 0.6) is 0 Å². The van der Waals surface area contributed by atoms with Gasteiger partial charge in [-0.25, -0.2) is 12.7 Å². The first-order valence-corrected chi connectivity index (χ1v) is 8.54. The van der Waals surface area contributed by atoms with Crippen LogP contribution in [0, 0.1) is 12.3 Å². The van der Waals surface area contributed by atoms with Gasteiger partial charge in [0.1, 0.15) is 4.90 Å². The van der Waals surface area contributed by atoms with E-state index in [9.17, 15) is 8.42 Å². The van der Waals surface area contributed by atoms with Crippen LogP contribution in [-0.2, 0) is 15.9 Å². The van der Waals surface area contributed by atoms with Gasteiger partial charge in [0.2, 0.25) is 10.0 Å². The van der Waals surface area contributed by atoms with Gasteiger partial charge >= 0.3 is 0 Å². The Kier molecular flexibility index (Phi) is 4.87. The third-order valence-electron chi connectivity index (χ3n) is 2.48. The molecular weight excluding hydrogens is 290 g/mol. The summed E-state index contributed by atoms with van der Waals surface area (Å²) < 4.78 is 26.5. The number of hydrogen-bond acceptors (Lipinski definition) is 3. The zero-order valence-corrected chi connectivity index (χ0v) is 13.8. The molecule has 0 saturated carbocycles. The van der Waals surface area contributed by atoms with E-state index < -0.39 is 10.0 Å². The number of hydrogen-bond donors (Lipinski definition) is 0. The molecule has 6 heteroatoms. The van der Waals surface area contributed by atoms with Crippen LogP contribution in [0.3, 0.4) is 0 Å². The molecule has 0 N–H and O–H groups in total. The van der Waals surface area contributed by atoms with E-state index in [0.717, 1.165) is 10.4 Å². The molecule has 0 aliphatic rings. The van der Waals surface area contributed by atoms with E-state index >= 15 is 0 Å². The van der Waals surface area contributed by atoms with E-state index in [1.165, 1.54) is 15.6 Å². The summed E-state index contributed by atoms with van der Waals surface area (Å²) >= 11 is 7.22. The third kappa shape index (κ3) is 3.47. The molecular formula is C12H20ClNO2S2. The number of rotatable bonds is 4. The van der Waals surface area contributed by atoms with Crippen molar-refractivity contribution in [1.29, 1.82) is 0 Å². The van der Waals surface area contributed by atoms with E-state index in [2.05, 4.69) is 0 Å². The van der Waals surface area contributed by atoms with Gasteiger partial charge < -0.3 is 0 Å². The van der Waals surface area contributed by atoms with E-state index in [4.69, 9.17) is 11.6 Å². The standard InChI is InChI=1S/C12H20ClNO2S2/c1-9-7-17-10(6-13)11(9)18(15,16)14(5)8-12(2,3)4/h7H,6,8H2,1-5H3. The Morgan fingerprint density at radius 2 is 1.94 bits per heavy atom. The first-order valence-electron chi connectivity index (χ1n) is 5.69. The van der Waals surface area contributed by atoms with Gasteiger partial charge in [-0.1, -0.05) is 20.8 Å². The van der Waals surface area contributed by atoms with E-state index in [1.807, 2.05) is 33.1 Å². The Morgan fingerprint density at radius 3 is 2.39 bits per heavy atom. The quantitative estimate of drug-likeness (QED) is 0.799. The molecule has 0 spiro atoms. The SMILES string of the molecule is Cc1csc(CCl)c1S(=O)(=O)N(C)CC(C)(C)C. The summed E-state index contributed by atoms with van der Waals surface area (Å²) in [7, 11) is -1.82. The number of sulfonamides is 1. The number of aryl methyl sites for hydroxylation is 1. The highest BCUT2D eigenvalue weighted by atomic mass is 35.5. The topological polar surface area (TPSA) is 37.4 Å². The van der Waals surface area contributed by atoms with Crippen molar-refractivity contribution in [3.63, 3.8) is 0 Å². The van der Waals surface area contributed by atoms with Gasteiger partial charge in [0.15, 0.2) is 0 Å². The fourth-order valence-corrected chi connectivity index (χ4v) is 5.23. The molecule has 0 aromatic carbocycles. The van der Waals surface area contributed by atoms with Crippen molar-refractivity contribution in [2.24, 2.45) is 5.41 Å². The molecule has 0 amide bonds. The monoisotopic (exact) mass is 309 g/mol. The van der Waals surface area contributed by atoms with Gasteiger partial charge in [0.25, 0.3) is 0 Å². The molecule has 0 atom stereocenters. The second-order valence-corrected chi connectivity index (χ2v) is 8.84. The van der Waals surface area contributed by atoms with Crippen LogP contribution in [0.15, 0.2) is 10.3 Å². The molecule has 0 aliphatic carbocycles. The Labute approximate surface area is 119 Å². The highest BCUT2D eigenvalue weighted by Gasteiger charge is 2.29. The molecule has 18 heavy (non-hydrogen) atoms. The average Bonchev–Trinajstić information content (AvgIpc) is 2.57. The molecule has 1 aromatic rings. The van der Waals surface area contributed by atoms with Crippen LogP contribution in [0.25, 0.3) is 0 Å². The smallest absolute Gasteiger partial charge is 0.207 e. The summed E-state index contributed by atoms with van der Waals surface area (Å²) in [6.45, 7) is 8.34. The van der Waals surface area contributed by atoms with Crippen LogP contribution in [0.1, 0.15) is 31.2 Å². The maximum Gasteiger partial charge on any atom is 0.244 e. The lowest BCUT2D eigenvalue weighted by atomic mass is 9.97. The van der Waals surface area contributed by atoms with E-state index in [0.29, 0.717) is 11.4 Å². The van der Waals surface area contributed by atoms with Gasteiger partial charge in [-0.05, 0) is 23.3 Å². The highest BCUT2D eigenvalue weighted by Crippen LogP contribution is 2.31. The Hall–Kier alpha value is -0.100. The van der Waals surface area contributed by atoms with Crippen LogP contribution >= 0.6 is 22.9 Å². The Morgan fingerprint density at radius 1 is 1.39 bits per heavy atom. The number of halogens is 1. The molecule has 1 aromatic heterocycles.